The van der Waals surface area contributed by atoms with Crippen molar-refractivity contribution in [1.29, 1.82) is 0 Å². The molecule has 0 aromatic heterocycles. The highest BCUT2D eigenvalue weighted by Crippen LogP contribution is 2.10. The molecule has 1 aromatic rings. The van der Waals surface area contributed by atoms with Crippen LogP contribution in [0.15, 0.2) is 24.3 Å². The minimum atomic E-state index is -1.06. The Hall–Kier alpha value is -2.04. The fourth-order valence-corrected chi connectivity index (χ4v) is 1.77. The summed E-state index contributed by atoms with van der Waals surface area (Å²) in [5, 5.41) is 11.6. The van der Waals surface area contributed by atoms with Crippen molar-refractivity contribution in [3.63, 3.8) is 0 Å². The van der Waals surface area contributed by atoms with Crippen LogP contribution < -0.4 is 5.32 Å². The topological polar surface area (TPSA) is 75.6 Å². The smallest absolute Gasteiger partial charge is 0.408 e. The van der Waals surface area contributed by atoms with Gasteiger partial charge >= 0.3 is 12.1 Å². The molecular weight excluding hydrogens is 270 g/mol. The number of ether oxygens (including phenoxy) is 1. The van der Waals surface area contributed by atoms with Gasteiger partial charge in [-0.1, -0.05) is 29.8 Å². The van der Waals surface area contributed by atoms with Gasteiger partial charge in [-0.05, 0) is 46.1 Å². The van der Waals surface area contributed by atoms with Crippen molar-refractivity contribution < 1.29 is 19.4 Å². The minimum absolute atomic E-state index is 0.317. The fraction of sp³-hybridized carbons (Fsp3) is 0.500. The second-order valence-corrected chi connectivity index (χ2v) is 6.06. The second-order valence-electron chi connectivity index (χ2n) is 6.06. The molecule has 0 radical (unpaired) electrons. The second kappa shape index (κ2) is 7.11. The molecule has 1 atom stereocenters. The Balaban J connectivity index is 2.56. The Kier molecular flexibility index (Phi) is 5.76. The van der Waals surface area contributed by atoms with E-state index in [4.69, 9.17) is 4.74 Å². The van der Waals surface area contributed by atoms with Crippen LogP contribution in [0.2, 0.25) is 0 Å². The molecule has 21 heavy (non-hydrogen) atoms. The lowest BCUT2D eigenvalue weighted by Gasteiger charge is -2.22. The van der Waals surface area contributed by atoms with Crippen LogP contribution in [0.3, 0.4) is 0 Å². The standard InChI is InChI=1S/C16H23NO4/c1-11-5-7-12(8-6-11)9-10-13(14(18)19)17-15(20)21-16(2,3)4/h5-8,13H,9-10H2,1-4H3,(H,17,20)(H,18,19)/t13-/m0/s1. The maximum Gasteiger partial charge on any atom is 0.408 e. The van der Waals surface area contributed by atoms with E-state index in [1.165, 1.54) is 0 Å². The number of hydrogen-bond acceptors (Lipinski definition) is 3. The molecule has 0 heterocycles. The van der Waals surface area contributed by atoms with E-state index in [0.29, 0.717) is 12.8 Å². The van der Waals surface area contributed by atoms with Crippen LogP contribution in [-0.2, 0) is 16.0 Å². The van der Waals surface area contributed by atoms with E-state index in [-0.39, 0.29) is 0 Å². The lowest BCUT2D eigenvalue weighted by molar-refractivity contribution is -0.139. The summed E-state index contributed by atoms with van der Waals surface area (Å²) >= 11 is 0. The molecule has 0 bridgehead atoms. The molecule has 0 saturated heterocycles. The van der Waals surface area contributed by atoms with Gasteiger partial charge in [-0.2, -0.15) is 0 Å². The minimum Gasteiger partial charge on any atom is -0.480 e. The largest absolute Gasteiger partial charge is 0.480 e. The number of amides is 1. The van der Waals surface area contributed by atoms with E-state index in [2.05, 4.69) is 5.32 Å². The summed E-state index contributed by atoms with van der Waals surface area (Å²) in [7, 11) is 0. The Morgan fingerprint density at radius 1 is 1.24 bits per heavy atom. The monoisotopic (exact) mass is 293 g/mol. The average Bonchev–Trinajstić information content (AvgIpc) is 2.33. The van der Waals surface area contributed by atoms with Crippen molar-refractivity contribution in [3.8, 4) is 0 Å². The zero-order chi connectivity index (χ0) is 16.0. The molecule has 116 valence electrons. The Morgan fingerprint density at radius 3 is 2.29 bits per heavy atom. The molecule has 0 fully saturated rings. The SMILES string of the molecule is Cc1ccc(CC[C@H](NC(=O)OC(C)(C)C)C(=O)O)cc1. The number of hydrogen-bond donors (Lipinski definition) is 2. The van der Waals surface area contributed by atoms with Crippen molar-refractivity contribution >= 4 is 12.1 Å². The van der Waals surface area contributed by atoms with Gasteiger partial charge < -0.3 is 15.2 Å². The van der Waals surface area contributed by atoms with Gasteiger partial charge in [-0.3, -0.25) is 0 Å². The van der Waals surface area contributed by atoms with Gasteiger partial charge in [-0.15, -0.1) is 0 Å². The Morgan fingerprint density at radius 2 is 1.81 bits per heavy atom. The first-order chi connectivity index (χ1) is 9.67. The van der Waals surface area contributed by atoms with E-state index in [0.717, 1.165) is 11.1 Å². The highest BCUT2D eigenvalue weighted by Gasteiger charge is 2.23. The number of carbonyl (C=O) groups excluding carboxylic acids is 1. The maximum atomic E-state index is 11.6. The molecule has 0 unspecified atom stereocenters. The zero-order valence-corrected chi connectivity index (χ0v) is 13.0. The van der Waals surface area contributed by atoms with Crippen molar-refractivity contribution in [2.45, 2.75) is 52.2 Å². The average molecular weight is 293 g/mol. The molecule has 5 heteroatoms. The lowest BCUT2D eigenvalue weighted by atomic mass is 10.0. The molecule has 0 saturated carbocycles. The van der Waals surface area contributed by atoms with Gasteiger partial charge in [0.05, 0.1) is 0 Å². The van der Waals surface area contributed by atoms with Crippen molar-refractivity contribution in [2.24, 2.45) is 0 Å². The summed E-state index contributed by atoms with van der Waals surface area (Å²) in [4.78, 5) is 22.8. The Labute approximate surface area is 125 Å². The van der Waals surface area contributed by atoms with E-state index in [1.807, 2.05) is 31.2 Å². The third-order valence-corrected chi connectivity index (χ3v) is 2.83. The molecule has 5 nitrogen and oxygen atoms in total. The van der Waals surface area contributed by atoms with Crippen LogP contribution >= 0.6 is 0 Å². The highest BCUT2D eigenvalue weighted by molar-refractivity contribution is 5.80. The summed E-state index contributed by atoms with van der Waals surface area (Å²) in [5.41, 5.74) is 1.54. The molecule has 1 amide bonds. The van der Waals surface area contributed by atoms with Crippen molar-refractivity contribution in [1.82, 2.24) is 5.32 Å². The predicted octanol–water partition coefficient (Wildman–Crippen LogP) is 2.91. The summed E-state index contributed by atoms with van der Waals surface area (Å²) in [6.07, 6.45) is 0.184. The van der Waals surface area contributed by atoms with Crippen LogP contribution in [0.25, 0.3) is 0 Å². The third-order valence-electron chi connectivity index (χ3n) is 2.83. The lowest BCUT2D eigenvalue weighted by Crippen LogP contribution is -2.43. The first kappa shape index (κ1) is 17.0. The number of alkyl carbamates (subject to hydrolysis) is 1. The van der Waals surface area contributed by atoms with Crippen LogP contribution in [0.5, 0.6) is 0 Å². The van der Waals surface area contributed by atoms with Gasteiger partial charge in [0, 0.05) is 0 Å². The summed E-state index contributed by atoms with van der Waals surface area (Å²) < 4.78 is 5.07. The number of rotatable bonds is 5. The summed E-state index contributed by atoms with van der Waals surface area (Å²) in [5.74, 6) is -1.06. The van der Waals surface area contributed by atoms with Gasteiger partial charge in [0.25, 0.3) is 0 Å². The van der Waals surface area contributed by atoms with E-state index in [1.54, 1.807) is 20.8 Å². The number of carboxylic acid groups (broad SMARTS) is 1. The van der Waals surface area contributed by atoms with Crippen LogP contribution in [0.4, 0.5) is 4.79 Å². The molecule has 1 aromatic carbocycles. The van der Waals surface area contributed by atoms with Gasteiger partial charge in [0.15, 0.2) is 0 Å². The number of carboxylic acids is 1. The molecule has 0 aliphatic heterocycles. The van der Waals surface area contributed by atoms with Crippen molar-refractivity contribution in [2.75, 3.05) is 0 Å². The zero-order valence-electron chi connectivity index (χ0n) is 13.0. The number of aryl methyl sites for hydroxylation is 2. The quantitative estimate of drug-likeness (QED) is 0.875. The molecule has 1 rings (SSSR count). The maximum absolute atomic E-state index is 11.6. The van der Waals surface area contributed by atoms with Gasteiger partial charge in [0.1, 0.15) is 11.6 Å². The van der Waals surface area contributed by atoms with Crippen molar-refractivity contribution in [3.05, 3.63) is 35.4 Å². The summed E-state index contributed by atoms with van der Waals surface area (Å²) in [6, 6.07) is 6.92. The first-order valence-corrected chi connectivity index (χ1v) is 6.95. The molecule has 0 aliphatic rings. The molecule has 0 spiro atoms. The number of aliphatic carboxylic acids is 1. The normalized spacial score (nSPS) is 12.6. The first-order valence-electron chi connectivity index (χ1n) is 6.95. The van der Waals surface area contributed by atoms with E-state index in [9.17, 15) is 14.7 Å². The van der Waals surface area contributed by atoms with Crippen LogP contribution in [-0.4, -0.2) is 28.8 Å². The summed E-state index contributed by atoms with van der Waals surface area (Å²) in [6.45, 7) is 7.19. The highest BCUT2D eigenvalue weighted by atomic mass is 16.6. The Bertz CT molecular complexity index is 488. The van der Waals surface area contributed by atoms with Gasteiger partial charge in [-0.25, -0.2) is 9.59 Å². The predicted molar refractivity (Wildman–Crippen MR) is 80.3 cm³/mol. The van der Waals surface area contributed by atoms with E-state index < -0.39 is 23.7 Å². The van der Waals surface area contributed by atoms with Gasteiger partial charge in [0.2, 0.25) is 0 Å². The molecule has 0 aliphatic carbocycles. The fourth-order valence-electron chi connectivity index (χ4n) is 1.77. The van der Waals surface area contributed by atoms with Crippen LogP contribution in [0.1, 0.15) is 38.3 Å². The number of nitrogens with one attached hydrogen (secondary N) is 1. The molecular formula is C16H23NO4. The van der Waals surface area contributed by atoms with E-state index >= 15 is 0 Å². The molecule has 2 N–H and O–H groups in total. The number of benzene rings is 1. The third kappa shape index (κ3) is 6.79. The van der Waals surface area contributed by atoms with Crippen LogP contribution in [0, 0.1) is 6.92 Å². The number of carbonyl (C=O) groups is 2.